The topological polar surface area (TPSA) is 47.3 Å². The number of ether oxygens (including phenoxy) is 1. The van der Waals surface area contributed by atoms with Gasteiger partial charge in [0.05, 0.1) is 6.10 Å². The van der Waals surface area contributed by atoms with Crippen LogP contribution < -0.4 is 11.1 Å². The Kier molecular flexibility index (Phi) is 5.58. The molecular formula is C12H26N2O. The van der Waals surface area contributed by atoms with Gasteiger partial charge in [0, 0.05) is 25.7 Å². The lowest BCUT2D eigenvalue weighted by Gasteiger charge is -2.21. The molecule has 3 heteroatoms. The van der Waals surface area contributed by atoms with E-state index < -0.39 is 0 Å². The average Bonchev–Trinajstić information content (AvgIpc) is 2.63. The van der Waals surface area contributed by atoms with Crippen LogP contribution in [0.2, 0.25) is 0 Å². The number of hydrogen-bond acceptors (Lipinski definition) is 3. The van der Waals surface area contributed by atoms with E-state index in [-0.39, 0.29) is 6.04 Å². The maximum absolute atomic E-state index is 6.05. The Morgan fingerprint density at radius 3 is 2.80 bits per heavy atom. The molecule has 90 valence electrons. The number of nitrogens with one attached hydrogen (secondary N) is 1. The van der Waals surface area contributed by atoms with Gasteiger partial charge in [-0.3, -0.25) is 0 Å². The summed E-state index contributed by atoms with van der Waals surface area (Å²) in [5.41, 5.74) is 6.05. The maximum atomic E-state index is 6.05. The molecule has 0 aliphatic carbocycles. The summed E-state index contributed by atoms with van der Waals surface area (Å²) in [7, 11) is 0. The van der Waals surface area contributed by atoms with Crippen LogP contribution in [0.1, 0.15) is 33.6 Å². The largest absolute Gasteiger partial charge is 0.378 e. The van der Waals surface area contributed by atoms with E-state index in [0.717, 1.165) is 26.1 Å². The molecule has 4 unspecified atom stereocenters. The van der Waals surface area contributed by atoms with Crippen LogP contribution in [0, 0.1) is 11.8 Å². The van der Waals surface area contributed by atoms with Crippen LogP contribution in [-0.2, 0) is 4.74 Å². The molecule has 1 heterocycles. The second-order valence-electron chi connectivity index (χ2n) is 4.83. The van der Waals surface area contributed by atoms with Crippen LogP contribution in [0.25, 0.3) is 0 Å². The molecule has 0 amide bonds. The summed E-state index contributed by atoms with van der Waals surface area (Å²) in [5, 5.41) is 3.47. The molecule has 3 nitrogen and oxygen atoms in total. The third-order valence-electron chi connectivity index (χ3n) is 3.69. The van der Waals surface area contributed by atoms with E-state index >= 15 is 0 Å². The van der Waals surface area contributed by atoms with E-state index in [1.165, 1.54) is 6.42 Å². The lowest BCUT2D eigenvalue weighted by atomic mass is 9.99. The van der Waals surface area contributed by atoms with Crippen molar-refractivity contribution in [3.05, 3.63) is 0 Å². The molecule has 4 atom stereocenters. The van der Waals surface area contributed by atoms with Crippen molar-refractivity contribution < 1.29 is 4.74 Å². The van der Waals surface area contributed by atoms with Crippen molar-refractivity contribution in [3.63, 3.8) is 0 Å². The molecule has 1 fully saturated rings. The average molecular weight is 214 g/mol. The Labute approximate surface area is 93.8 Å². The van der Waals surface area contributed by atoms with E-state index in [4.69, 9.17) is 10.5 Å². The first-order valence-corrected chi connectivity index (χ1v) is 6.23. The van der Waals surface area contributed by atoms with Gasteiger partial charge in [-0.25, -0.2) is 0 Å². The fraction of sp³-hybridized carbons (Fsp3) is 1.00. The van der Waals surface area contributed by atoms with Gasteiger partial charge in [-0.1, -0.05) is 20.3 Å². The molecule has 0 saturated carbocycles. The Bertz CT molecular complexity index is 175. The van der Waals surface area contributed by atoms with Crippen molar-refractivity contribution >= 4 is 0 Å². The third-order valence-corrected chi connectivity index (χ3v) is 3.69. The van der Waals surface area contributed by atoms with Crippen LogP contribution >= 0.6 is 0 Å². The minimum Gasteiger partial charge on any atom is -0.378 e. The third kappa shape index (κ3) is 4.09. The number of hydrogen-bond donors (Lipinski definition) is 2. The molecule has 0 radical (unpaired) electrons. The molecule has 15 heavy (non-hydrogen) atoms. The summed E-state index contributed by atoms with van der Waals surface area (Å²) in [6.07, 6.45) is 2.76. The standard InChI is InChI=1S/C12H26N2O/c1-4-9(2)12(13)8-14-7-11-5-6-15-10(11)3/h9-12,14H,4-8,13H2,1-3H3. The molecule has 0 spiro atoms. The van der Waals surface area contributed by atoms with Gasteiger partial charge in [0.1, 0.15) is 0 Å². The minimum absolute atomic E-state index is 0.285. The summed E-state index contributed by atoms with van der Waals surface area (Å²) >= 11 is 0. The van der Waals surface area contributed by atoms with E-state index in [2.05, 4.69) is 26.1 Å². The SMILES string of the molecule is CCC(C)C(N)CNCC1CCOC1C. The van der Waals surface area contributed by atoms with Crippen LogP contribution in [0.15, 0.2) is 0 Å². The molecule has 1 aliphatic rings. The molecule has 1 rings (SSSR count). The van der Waals surface area contributed by atoms with Crippen molar-refractivity contribution in [2.45, 2.75) is 45.8 Å². The Hall–Kier alpha value is -0.120. The summed E-state index contributed by atoms with van der Waals surface area (Å²) in [4.78, 5) is 0. The highest BCUT2D eigenvalue weighted by Crippen LogP contribution is 2.19. The van der Waals surface area contributed by atoms with Gasteiger partial charge >= 0.3 is 0 Å². The lowest BCUT2D eigenvalue weighted by Crippen LogP contribution is -2.41. The molecule has 0 bridgehead atoms. The molecule has 0 aromatic rings. The quantitative estimate of drug-likeness (QED) is 0.702. The normalized spacial score (nSPS) is 30.4. The second kappa shape index (κ2) is 6.46. The van der Waals surface area contributed by atoms with E-state index in [0.29, 0.717) is 17.9 Å². The van der Waals surface area contributed by atoms with Gasteiger partial charge in [-0.05, 0) is 25.2 Å². The molecule has 1 aliphatic heterocycles. The summed E-state index contributed by atoms with van der Waals surface area (Å²) in [6, 6.07) is 0.285. The van der Waals surface area contributed by atoms with E-state index in [9.17, 15) is 0 Å². The smallest absolute Gasteiger partial charge is 0.0588 e. The first-order chi connectivity index (χ1) is 7.15. The van der Waals surface area contributed by atoms with Crippen molar-refractivity contribution in [1.29, 1.82) is 0 Å². The highest BCUT2D eigenvalue weighted by atomic mass is 16.5. The van der Waals surface area contributed by atoms with Crippen molar-refractivity contribution in [3.8, 4) is 0 Å². The highest BCUT2D eigenvalue weighted by Gasteiger charge is 2.23. The Balaban J connectivity index is 2.10. The highest BCUT2D eigenvalue weighted by molar-refractivity contribution is 4.77. The van der Waals surface area contributed by atoms with Crippen LogP contribution in [0.3, 0.4) is 0 Å². The summed E-state index contributed by atoms with van der Waals surface area (Å²) in [5.74, 6) is 1.28. The van der Waals surface area contributed by atoms with Gasteiger partial charge in [0.15, 0.2) is 0 Å². The number of nitrogens with two attached hydrogens (primary N) is 1. The van der Waals surface area contributed by atoms with E-state index in [1.807, 2.05) is 0 Å². The summed E-state index contributed by atoms with van der Waals surface area (Å²) in [6.45, 7) is 9.47. The monoisotopic (exact) mass is 214 g/mol. The predicted molar refractivity (Wildman–Crippen MR) is 63.8 cm³/mol. The molecule has 0 aromatic heterocycles. The minimum atomic E-state index is 0.285. The molecule has 1 saturated heterocycles. The van der Waals surface area contributed by atoms with Crippen molar-refractivity contribution in [2.24, 2.45) is 17.6 Å². The zero-order valence-corrected chi connectivity index (χ0v) is 10.3. The van der Waals surface area contributed by atoms with Gasteiger partial charge in [0.2, 0.25) is 0 Å². The fourth-order valence-corrected chi connectivity index (χ4v) is 1.98. The zero-order chi connectivity index (χ0) is 11.3. The van der Waals surface area contributed by atoms with Gasteiger partial charge < -0.3 is 15.8 Å². The maximum Gasteiger partial charge on any atom is 0.0588 e. The molecule has 3 N–H and O–H groups in total. The fourth-order valence-electron chi connectivity index (χ4n) is 1.98. The van der Waals surface area contributed by atoms with Crippen LogP contribution in [0.5, 0.6) is 0 Å². The predicted octanol–water partition coefficient (Wildman–Crippen LogP) is 1.37. The Morgan fingerprint density at radius 2 is 2.27 bits per heavy atom. The van der Waals surface area contributed by atoms with E-state index in [1.54, 1.807) is 0 Å². The first kappa shape index (κ1) is 12.9. The van der Waals surface area contributed by atoms with Gasteiger partial charge in [-0.15, -0.1) is 0 Å². The zero-order valence-electron chi connectivity index (χ0n) is 10.3. The lowest BCUT2D eigenvalue weighted by molar-refractivity contribution is 0.105. The van der Waals surface area contributed by atoms with Crippen LogP contribution in [0.4, 0.5) is 0 Å². The summed E-state index contributed by atoms with van der Waals surface area (Å²) < 4.78 is 5.52. The van der Waals surface area contributed by atoms with Gasteiger partial charge in [-0.2, -0.15) is 0 Å². The van der Waals surface area contributed by atoms with Crippen molar-refractivity contribution in [1.82, 2.24) is 5.32 Å². The first-order valence-electron chi connectivity index (χ1n) is 6.23. The van der Waals surface area contributed by atoms with Crippen LogP contribution in [-0.4, -0.2) is 31.8 Å². The van der Waals surface area contributed by atoms with Crippen molar-refractivity contribution in [2.75, 3.05) is 19.7 Å². The molecular weight excluding hydrogens is 188 g/mol. The molecule has 0 aromatic carbocycles. The van der Waals surface area contributed by atoms with Gasteiger partial charge in [0.25, 0.3) is 0 Å². The number of rotatable bonds is 6. The Morgan fingerprint density at radius 1 is 1.53 bits per heavy atom. The second-order valence-corrected chi connectivity index (χ2v) is 4.83.